The van der Waals surface area contributed by atoms with Crippen molar-refractivity contribution in [3.8, 4) is 0 Å². The number of nitrogens with one attached hydrogen (secondary N) is 1. The molecule has 0 aliphatic heterocycles. The third-order valence-corrected chi connectivity index (χ3v) is 4.75. The lowest BCUT2D eigenvalue weighted by Gasteiger charge is -2.25. The molecule has 2 atom stereocenters. The molecule has 2 nitrogen and oxygen atoms in total. The first-order chi connectivity index (χ1) is 8.81. The second kappa shape index (κ2) is 7.27. The van der Waals surface area contributed by atoms with E-state index in [-0.39, 0.29) is 0 Å². The van der Waals surface area contributed by atoms with Crippen LogP contribution in [0, 0.1) is 5.92 Å². The van der Waals surface area contributed by atoms with Gasteiger partial charge in [0.2, 0.25) is 0 Å². The van der Waals surface area contributed by atoms with Gasteiger partial charge in [-0.3, -0.25) is 0 Å². The van der Waals surface area contributed by atoms with E-state index >= 15 is 0 Å². The summed E-state index contributed by atoms with van der Waals surface area (Å²) in [6.45, 7) is 5.96. The molecule has 18 heavy (non-hydrogen) atoms. The van der Waals surface area contributed by atoms with Gasteiger partial charge in [-0.05, 0) is 44.1 Å². The summed E-state index contributed by atoms with van der Waals surface area (Å²) in [4.78, 5) is 1.49. The van der Waals surface area contributed by atoms with Crippen LogP contribution < -0.4 is 5.32 Å². The molecule has 102 valence electrons. The van der Waals surface area contributed by atoms with E-state index in [0.717, 1.165) is 19.1 Å². The summed E-state index contributed by atoms with van der Waals surface area (Å²) in [5.74, 6) is 0.817. The van der Waals surface area contributed by atoms with E-state index < -0.39 is 0 Å². The van der Waals surface area contributed by atoms with Gasteiger partial charge in [0.05, 0.1) is 6.10 Å². The molecule has 1 N–H and O–H groups in total. The molecule has 1 heterocycles. The Balaban J connectivity index is 1.92. The van der Waals surface area contributed by atoms with Crippen molar-refractivity contribution in [3.63, 3.8) is 0 Å². The molecule has 1 aromatic rings. The maximum Gasteiger partial charge on any atom is 0.0671 e. The van der Waals surface area contributed by atoms with E-state index in [9.17, 15) is 0 Å². The zero-order valence-corrected chi connectivity index (χ0v) is 12.3. The molecule has 0 amide bonds. The minimum absolute atomic E-state index is 0.305. The highest BCUT2D eigenvalue weighted by molar-refractivity contribution is 7.10. The lowest BCUT2D eigenvalue weighted by Crippen LogP contribution is -2.33. The largest absolute Gasteiger partial charge is 0.377 e. The maximum absolute atomic E-state index is 5.61. The summed E-state index contributed by atoms with van der Waals surface area (Å²) in [6.07, 6.45) is 5.85. The van der Waals surface area contributed by atoms with Crippen molar-refractivity contribution in [2.75, 3.05) is 13.2 Å². The fourth-order valence-corrected chi connectivity index (χ4v) is 3.79. The Labute approximate surface area is 115 Å². The molecular weight excluding hydrogens is 242 g/mol. The average molecular weight is 267 g/mol. The lowest BCUT2D eigenvalue weighted by molar-refractivity contribution is 0.0721. The number of hydrogen-bond donors (Lipinski definition) is 1. The second-order valence-corrected chi connectivity index (χ2v) is 6.19. The smallest absolute Gasteiger partial charge is 0.0671 e. The third kappa shape index (κ3) is 3.81. The lowest BCUT2D eigenvalue weighted by atomic mass is 9.96. The minimum Gasteiger partial charge on any atom is -0.377 e. The Morgan fingerprint density at radius 1 is 1.44 bits per heavy atom. The van der Waals surface area contributed by atoms with Crippen molar-refractivity contribution in [3.05, 3.63) is 22.4 Å². The zero-order valence-electron chi connectivity index (χ0n) is 11.5. The Kier molecular flexibility index (Phi) is 5.67. The first kappa shape index (κ1) is 14.0. The second-order valence-electron chi connectivity index (χ2n) is 5.21. The molecule has 2 rings (SSSR count). The number of rotatable bonds is 7. The highest BCUT2D eigenvalue weighted by atomic mass is 32.1. The minimum atomic E-state index is 0.305. The van der Waals surface area contributed by atoms with Gasteiger partial charge in [0.25, 0.3) is 0 Å². The molecule has 0 bridgehead atoms. The molecule has 3 heteroatoms. The van der Waals surface area contributed by atoms with Gasteiger partial charge in [-0.1, -0.05) is 18.9 Å². The number of thiophene rings is 1. The van der Waals surface area contributed by atoms with Crippen LogP contribution in [0.25, 0.3) is 0 Å². The Hall–Kier alpha value is -0.380. The zero-order chi connectivity index (χ0) is 12.8. The highest BCUT2D eigenvalue weighted by Gasteiger charge is 2.26. The molecule has 1 aliphatic rings. The maximum atomic E-state index is 5.61. The van der Waals surface area contributed by atoms with Crippen molar-refractivity contribution in [1.82, 2.24) is 5.32 Å². The van der Waals surface area contributed by atoms with Gasteiger partial charge >= 0.3 is 0 Å². The van der Waals surface area contributed by atoms with Crippen LogP contribution in [0.15, 0.2) is 17.5 Å². The highest BCUT2D eigenvalue weighted by Crippen LogP contribution is 2.37. The fraction of sp³-hybridized carbons (Fsp3) is 0.733. The summed E-state index contributed by atoms with van der Waals surface area (Å²) in [5, 5.41) is 5.92. The van der Waals surface area contributed by atoms with E-state index in [1.54, 1.807) is 0 Å². The first-order valence-corrected chi connectivity index (χ1v) is 8.07. The Bertz CT molecular complexity index is 319. The van der Waals surface area contributed by atoms with Gasteiger partial charge in [0.1, 0.15) is 0 Å². The molecular formula is C15H25NOS. The van der Waals surface area contributed by atoms with Crippen molar-refractivity contribution in [2.45, 2.75) is 51.7 Å². The van der Waals surface area contributed by atoms with Crippen LogP contribution in [-0.4, -0.2) is 19.3 Å². The summed E-state index contributed by atoms with van der Waals surface area (Å²) >= 11 is 1.88. The van der Waals surface area contributed by atoms with E-state index in [1.807, 2.05) is 11.3 Å². The molecule has 0 radical (unpaired) electrons. The topological polar surface area (TPSA) is 21.3 Å². The van der Waals surface area contributed by atoms with E-state index in [0.29, 0.717) is 12.1 Å². The Morgan fingerprint density at radius 3 is 2.83 bits per heavy atom. The van der Waals surface area contributed by atoms with Gasteiger partial charge in [0, 0.05) is 24.1 Å². The molecule has 0 spiro atoms. The first-order valence-electron chi connectivity index (χ1n) is 7.19. The number of hydrogen-bond acceptors (Lipinski definition) is 3. The summed E-state index contributed by atoms with van der Waals surface area (Å²) in [5.41, 5.74) is 0. The van der Waals surface area contributed by atoms with Crippen LogP contribution in [0.2, 0.25) is 0 Å². The monoisotopic (exact) mass is 267 g/mol. The molecule has 2 unspecified atom stereocenters. The standard InChI is InChI=1S/C15H25NOS/c1-3-17-12(2)11-16-15(13-7-4-5-8-13)14-9-6-10-18-14/h6,9-10,12-13,15-16H,3-5,7-8,11H2,1-2H3. The third-order valence-electron chi connectivity index (χ3n) is 3.80. The quantitative estimate of drug-likeness (QED) is 0.806. The van der Waals surface area contributed by atoms with Gasteiger partial charge in [-0.15, -0.1) is 11.3 Å². The van der Waals surface area contributed by atoms with Crippen LogP contribution in [0.1, 0.15) is 50.4 Å². The van der Waals surface area contributed by atoms with Crippen LogP contribution in [0.4, 0.5) is 0 Å². The Morgan fingerprint density at radius 2 is 2.22 bits per heavy atom. The van der Waals surface area contributed by atoms with Gasteiger partial charge < -0.3 is 10.1 Å². The molecule has 1 aromatic heterocycles. The van der Waals surface area contributed by atoms with E-state index in [1.165, 1.54) is 30.6 Å². The predicted octanol–water partition coefficient (Wildman–Crippen LogP) is 3.99. The van der Waals surface area contributed by atoms with Gasteiger partial charge in [-0.2, -0.15) is 0 Å². The van der Waals surface area contributed by atoms with Crippen LogP contribution in [-0.2, 0) is 4.74 Å². The van der Waals surface area contributed by atoms with Crippen LogP contribution >= 0.6 is 11.3 Å². The van der Waals surface area contributed by atoms with Gasteiger partial charge in [-0.25, -0.2) is 0 Å². The van der Waals surface area contributed by atoms with E-state index in [4.69, 9.17) is 4.74 Å². The molecule has 1 fully saturated rings. The SMILES string of the molecule is CCOC(C)CNC(c1cccs1)C1CCCC1. The van der Waals surface area contributed by atoms with Crippen molar-refractivity contribution < 1.29 is 4.74 Å². The molecule has 1 aliphatic carbocycles. The average Bonchev–Trinajstić information content (AvgIpc) is 3.02. The van der Waals surface area contributed by atoms with Gasteiger partial charge in [0.15, 0.2) is 0 Å². The predicted molar refractivity (Wildman–Crippen MR) is 78.1 cm³/mol. The summed E-state index contributed by atoms with van der Waals surface area (Å²) < 4.78 is 5.61. The summed E-state index contributed by atoms with van der Waals surface area (Å²) in [7, 11) is 0. The van der Waals surface area contributed by atoms with E-state index in [2.05, 4.69) is 36.7 Å². The van der Waals surface area contributed by atoms with Crippen molar-refractivity contribution >= 4 is 11.3 Å². The molecule has 0 saturated heterocycles. The number of ether oxygens (including phenoxy) is 1. The molecule has 1 saturated carbocycles. The van der Waals surface area contributed by atoms with Crippen LogP contribution in [0.3, 0.4) is 0 Å². The van der Waals surface area contributed by atoms with Crippen molar-refractivity contribution in [1.29, 1.82) is 0 Å². The normalized spacial score (nSPS) is 20.1. The van der Waals surface area contributed by atoms with Crippen molar-refractivity contribution in [2.24, 2.45) is 5.92 Å². The fourth-order valence-electron chi connectivity index (χ4n) is 2.89. The van der Waals surface area contributed by atoms with Crippen LogP contribution in [0.5, 0.6) is 0 Å². The molecule has 0 aromatic carbocycles. The summed E-state index contributed by atoms with van der Waals surface area (Å²) in [6, 6.07) is 4.97.